The van der Waals surface area contributed by atoms with Gasteiger partial charge in [0.1, 0.15) is 17.2 Å². The molecular weight excluding hydrogens is 490 g/mol. The Kier molecular flexibility index (Phi) is 10.0. The van der Waals surface area contributed by atoms with Crippen LogP contribution in [-0.4, -0.2) is 36.1 Å². The average Bonchev–Trinajstić information content (AvgIpc) is 2.92. The summed E-state index contributed by atoms with van der Waals surface area (Å²) in [5, 5.41) is 8.56. The van der Waals surface area contributed by atoms with Crippen LogP contribution in [-0.2, 0) is 19.9 Å². The highest BCUT2D eigenvalue weighted by atomic mass is 16.6. The molecule has 0 aliphatic carbocycles. The van der Waals surface area contributed by atoms with E-state index in [4.69, 9.17) is 4.74 Å². The van der Waals surface area contributed by atoms with Crippen LogP contribution < -0.4 is 16.0 Å². The molecule has 0 unspecified atom stereocenters. The van der Waals surface area contributed by atoms with Gasteiger partial charge in [-0.05, 0) is 43.9 Å². The maximum atomic E-state index is 13.8. The Morgan fingerprint density at radius 1 is 0.821 bits per heavy atom. The summed E-state index contributed by atoms with van der Waals surface area (Å²) in [7, 11) is 0. The number of carbonyl (C=O) groups is 3. The van der Waals surface area contributed by atoms with E-state index in [-0.39, 0.29) is 6.42 Å². The normalized spacial score (nSPS) is 12.1. The number of carbonyl (C=O) groups excluding carboxylic acids is 3. The van der Waals surface area contributed by atoms with Crippen molar-refractivity contribution in [2.24, 2.45) is 0 Å². The van der Waals surface area contributed by atoms with E-state index in [1.54, 1.807) is 26.8 Å². The zero-order valence-electron chi connectivity index (χ0n) is 22.8. The molecule has 204 valence electrons. The summed E-state index contributed by atoms with van der Waals surface area (Å²) in [5.41, 5.74) is 0.740. The highest BCUT2D eigenvalue weighted by molar-refractivity contribution is 5.91. The monoisotopic (exact) mass is 527 g/mol. The van der Waals surface area contributed by atoms with Crippen molar-refractivity contribution < 1.29 is 19.1 Å². The average molecular weight is 528 g/mol. The van der Waals surface area contributed by atoms with Gasteiger partial charge >= 0.3 is 6.09 Å². The Hall–Kier alpha value is -4.39. The van der Waals surface area contributed by atoms with Crippen molar-refractivity contribution in [2.75, 3.05) is 6.54 Å². The molecule has 1 atom stereocenters. The van der Waals surface area contributed by atoms with Gasteiger partial charge in [-0.15, -0.1) is 6.58 Å². The van der Waals surface area contributed by atoms with E-state index < -0.39 is 35.1 Å². The highest BCUT2D eigenvalue weighted by Crippen LogP contribution is 2.36. The molecule has 0 saturated heterocycles. The third kappa shape index (κ3) is 8.04. The molecule has 0 radical (unpaired) electrons. The topological polar surface area (TPSA) is 96.5 Å². The molecule has 3 rings (SSSR count). The van der Waals surface area contributed by atoms with Gasteiger partial charge < -0.3 is 20.7 Å². The molecule has 3 N–H and O–H groups in total. The van der Waals surface area contributed by atoms with Crippen LogP contribution in [0.2, 0.25) is 0 Å². The van der Waals surface area contributed by atoms with E-state index in [0.29, 0.717) is 13.0 Å². The van der Waals surface area contributed by atoms with Crippen molar-refractivity contribution in [1.29, 1.82) is 0 Å². The quantitative estimate of drug-likeness (QED) is 0.184. The van der Waals surface area contributed by atoms with E-state index in [1.165, 1.54) is 0 Å². The Labute approximate surface area is 230 Å². The molecule has 0 aliphatic rings. The summed E-state index contributed by atoms with van der Waals surface area (Å²) < 4.78 is 5.36. The van der Waals surface area contributed by atoms with Crippen molar-refractivity contribution in [3.8, 4) is 0 Å². The number of benzene rings is 3. The number of amides is 3. The molecule has 0 aliphatic heterocycles. The first-order valence-corrected chi connectivity index (χ1v) is 13.0. The van der Waals surface area contributed by atoms with Gasteiger partial charge in [-0.3, -0.25) is 9.59 Å². The van der Waals surface area contributed by atoms with Crippen LogP contribution in [0.25, 0.3) is 0 Å². The summed E-state index contributed by atoms with van der Waals surface area (Å²) >= 11 is 0. The zero-order valence-corrected chi connectivity index (χ0v) is 22.8. The molecule has 0 fully saturated rings. The second kappa shape index (κ2) is 13.4. The molecule has 39 heavy (non-hydrogen) atoms. The van der Waals surface area contributed by atoms with E-state index in [1.807, 2.05) is 91.0 Å². The predicted octanol–water partition coefficient (Wildman–Crippen LogP) is 5.07. The molecule has 0 heterocycles. The van der Waals surface area contributed by atoms with Gasteiger partial charge in [-0.1, -0.05) is 97.1 Å². The third-order valence-corrected chi connectivity index (χ3v) is 5.99. The maximum absolute atomic E-state index is 13.8. The summed E-state index contributed by atoms with van der Waals surface area (Å²) in [4.78, 5) is 39.4. The fraction of sp³-hybridized carbons (Fsp3) is 0.281. The van der Waals surface area contributed by atoms with Crippen molar-refractivity contribution in [2.45, 2.75) is 50.8 Å². The lowest BCUT2D eigenvalue weighted by Crippen LogP contribution is -2.53. The number of hydrogen-bond acceptors (Lipinski definition) is 4. The van der Waals surface area contributed by atoms with Crippen LogP contribution in [0.15, 0.2) is 104 Å². The van der Waals surface area contributed by atoms with Crippen LogP contribution >= 0.6 is 0 Å². The van der Waals surface area contributed by atoms with Gasteiger partial charge in [-0.25, -0.2) is 4.79 Å². The number of alkyl carbamates (subject to hydrolysis) is 1. The van der Waals surface area contributed by atoms with E-state index >= 15 is 0 Å². The first kappa shape index (κ1) is 29.2. The van der Waals surface area contributed by atoms with E-state index in [0.717, 1.165) is 16.7 Å². The minimum absolute atomic E-state index is 0.298. The predicted molar refractivity (Wildman–Crippen MR) is 153 cm³/mol. The molecule has 7 nitrogen and oxygen atoms in total. The molecule has 3 aromatic rings. The van der Waals surface area contributed by atoms with Crippen LogP contribution in [0.4, 0.5) is 4.79 Å². The summed E-state index contributed by atoms with van der Waals surface area (Å²) in [6, 6.07) is 27.9. The molecule has 3 aromatic carbocycles. The fourth-order valence-corrected chi connectivity index (χ4v) is 4.31. The Morgan fingerprint density at radius 2 is 1.28 bits per heavy atom. The minimum atomic E-state index is -1.15. The second-order valence-corrected chi connectivity index (χ2v) is 10.2. The van der Waals surface area contributed by atoms with Crippen LogP contribution in [0, 0.1) is 0 Å². The Morgan fingerprint density at radius 3 is 1.69 bits per heavy atom. The number of ether oxygens (including phenoxy) is 1. The molecule has 0 saturated carbocycles. The van der Waals surface area contributed by atoms with Crippen molar-refractivity contribution >= 4 is 17.9 Å². The lowest BCUT2D eigenvalue weighted by Gasteiger charge is -2.37. The van der Waals surface area contributed by atoms with Gasteiger partial charge in [0, 0.05) is 6.54 Å². The maximum Gasteiger partial charge on any atom is 0.408 e. The fourth-order valence-electron chi connectivity index (χ4n) is 4.31. The summed E-state index contributed by atoms with van der Waals surface area (Å²) in [6.45, 7) is 9.18. The number of hydrogen-bond donors (Lipinski definition) is 3. The van der Waals surface area contributed by atoms with E-state index in [9.17, 15) is 14.4 Å². The smallest absolute Gasteiger partial charge is 0.408 e. The number of rotatable bonds is 11. The minimum Gasteiger partial charge on any atom is -0.444 e. The second-order valence-electron chi connectivity index (χ2n) is 10.2. The highest BCUT2D eigenvalue weighted by Gasteiger charge is 2.39. The Balaban J connectivity index is 1.99. The van der Waals surface area contributed by atoms with Gasteiger partial charge in [-0.2, -0.15) is 0 Å². The van der Waals surface area contributed by atoms with E-state index in [2.05, 4.69) is 22.5 Å². The Bertz CT molecular complexity index is 1140. The summed E-state index contributed by atoms with van der Waals surface area (Å²) in [5.74, 6) is -0.908. The molecule has 3 amide bonds. The van der Waals surface area contributed by atoms with Crippen molar-refractivity contribution in [3.05, 3.63) is 120 Å². The van der Waals surface area contributed by atoms with Crippen LogP contribution in [0.5, 0.6) is 0 Å². The van der Waals surface area contributed by atoms with Gasteiger partial charge in [0.2, 0.25) is 11.8 Å². The number of nitrogens with one attached hydrogen (secondary N) is 3. The molecular formula is C32H37N3O4. The molecule has 0 spiro atoms. The van der Waals surface area contributed by atoms with Crippen molar-refractivity contribution in [3.63, 3.8) is 0 Å². The SMILES string of the molecule is C=CCCNC(=O)[C@H](CC(=O)NC(c1ccccc1)(c1ccccc1)c1ccccc1)NC(=O)OC(C)(C)C. The molecule has 0 bridgehead atoms. The third-order valence-electron chi connectivity index (χ3n) is 5.99. The van der Waals surface area contributed by atoms with Gasteiger partial charge in [0.15, 0.2) is 0 Å². The summed E-state index contributed by atoms with van der Waals surface area (Å²) in [6.07, 6.45) is 1.15. The molecule has 0 aromatic heterocycles. The largest absolute Gasteiger partial charge is 0.444 e. The lowest BCUT2D eigenvalue weighted by molar-refractivity contribution is -0.129. The first-order valence-electron chi connectivity index (χ1n) is 13.0. The zero-order chi connectivity index (χ0) is 28.3. The van der Waals surface area contributed by atoms with Gasteiger partial charge in [0.05, 0.1) is 6.42 Å². The van der Waals surface area contributed by atoms with Crippen LogP contribution in [0.1, 0.15) is 50.3 Å². The molecule has 7 heteroatoms. The first-order chi connectivity index (χ1) is 18.7. The van der Waals surface area contributed by atoms with Crippen molar-refractivity contribution in [1.82, 2.24) is 16.0 Å². The lowest BCUT2D eigenvalue weighted by atomic mass is 9.77. The standard InChI is InChI=1S/C32H37N3O4/c1-5-6-22-33-29(37)27(34-30(38)39-31(2,3)4)23-28(36)35-32(24-16-10-7-11-17-24,25-18-12-8-13-19-25)26-20-14-9-15-21-26/h5,7-21,27H,1,6,22-23H2,2-4H3,(H,33,37)(H,34,38)(H,35,36)/t27-/m0/s1. The van der Waals surface area contributed by atoms with Gasteiger partial charge in [0.25, 0.3) is 0 Å². The van der Waals surface area contributed by atoms with Crippen LogP contribution in [0.3, 0.4) is 0 Å².